The molecule has 1 heterocycles. The summed E-state index contributed by atoms with van der Waals surface area (Å²) in [5.41, 5.74) is 3.96. The SMILES string of the molecule is [2H][C]([2H])(c1ccnc(-c2cc(C(C)(C)C)c3ccccc3c2)c1)[Ge]([CH3])([CH3])[CH3]. The summed E-state index contributed by atoms with van der Waals surface area (Å²) in [5, 5.41) is 1.22. The fraction of sp³-hybridized carbons (Fsp3) is 0.348. The van der Waals surface area contributed by atoms with Crippen LogP contribution in [0.25, 0.3) is 22.0 Å². The van der Waals surface area contributed by atoms with E-state index in [-0.39, 0.29) is 5.41 Å². The van der Waals surface area contributed by atoms with Crippen LogP contribution in [0.15, 0.2) is 54.7 Å². The first-order valence-electron chi connectivity index (χ1n) is 9.91. The molecule has 0 saturated heterocycles. The summed E-state index contributed by atoms with van der Waals surface area (Å²) in [6.45, 7) is 6.69. The van der Waals surface area contributed by atoms with E-state index in [0.717, 1.165) is 16.8 Å². The quantitative estimate of drug-likeness (QED) is 0.455. The van der Waals surface area contributed by atoms with Gasteiger partial charge in [0.2, 0.25) is 0 Å². The van der Waals surface area contributed by atoms with Crippen molar-refractivity contribution in [2.75, 3.05) is 0 Å². The van der Waals surface area contributed by atoms with E-state index in [1.54, 1.807) is 6.20 Å². The molecule has 130 valence electrons. The molecule has 0 aliphatic rings. The maximum atomic E-state index is 8.67. The second-order valence-electron chi connectivity index (χ2n) is 8.80. The van der Waals surface area contributed by atoms with E-state index in [9.17, 15) is 0 Å². The zero-order valence-electron chi connectivity index (χ0n) is 18.1. The van der Waals surface area contributed by atoms with Gasteiger partial charge in [-0.25, -0.2) is 0 Å². The molecule has 25 heavy (non-hydrogen) atoms. The van der Waals surface area contributed by atoms with Crippen LogP contribution in [-0.4, -0.2) is 18.3 Å². The third kappa shape index (κ3) is 4.33. The topological polar surface area (TPSA) is 12.9 Å². The summed E-state index contributed by atoms with van der Waals surface area (Å²) in [7, 11) is 0. The van der Waals surface area contributed by atoms with Crippen molar-refractivity contribution >= 4 is 24.0 Å². The Balaban J connectivity index is 2.21. The molecule has 0 radical (unpaired) electrons. The number of hydrogen-bond acceptors (Lipinski definition) is 1. The van der Waals surface area contributed by atoms with Gasteiger partial charge in [0.25, 0.3) is 0 Å². The molecule has 3 aromatic rings. The summed E-state index contributed by atoms with van der Waals surface area (Å²) in [6, 6.07) is 16.7. The van der Waals surface area contributed by atoms with Gasteiger partial charge in [-0.2, -0.15) is 0 Å². The Bertz CT molecular complexity index is 982. The number of aromatic nitrogens is 1. The van der Waals surface area contributed by atoms with Crippen molar-refractivity contribution in [2.45, 2.75) is 48.7 Å². The Kier molecular flexibility index (Phi) is 4.13. The van der Waals surface area contributed by atoms with Crippen LogP contribution in [0.3, 0.4) is 0 Å². The Morgan fingerprint density at radius 3 is 2.40 bits per heavy atom. The molecule has 0 aliphatic carbocycles. The molecule has 0 aliphatic heterocycles. The van der Waals surface area contributed by atoms with Gasteiger partial charge < -0.3 is 0 Å². The Morgan fingerprint density at radius 1 is 1.00 bits per heavy atom. The first-order chi connectivity index (χ1) is 12.4. The van der Waals surface area contributed by atoms with Gasteiger partial charge in [0, 0.05) is 0 Å². The fourth-order valence-corrected chi connectivity index (χ4v) is 5.32. The average Bonchev–Trinajstić information content (AvgIpc) is 2.59. The van der Waals surface area contributed by atoms with E-state index in [4.69, 9.17) is 2.74 Å². The van der Waals surface area contributed by atoms with Crippen LogP contribution in [0.1, 0.15) is 34.6 Å². The molecule has 2 aromatic carbocycles. The zero-order chi connectivity index (χ0) is 20.0. The van der Waals surface area contributed by atoms with Crippen molar-refractivity contribution in [1.29, 1.82) is 0 Å². The van der Waals surface area contributed by atoms with Crippen molar-refractivity contribution in [3.05, 3.63) is 65.9 Å². The molecular weight excluding hydrogens is 363 g/mol. The summed E-state index contributed by atoms with van der Waals surface area (Å²) in [4.78, 5) is 4.59. The van der Waals surface area contributed by atoms with E-state index in [2.05, 4.69) is 79.4 Å². The van der Waals surface area contributed by atoms with E-state index < -0.39 is 18.5 Å². The van der Waals surface area contributed by atoms with E-state index in [1.807, 2.05) is 12.1 Å². The van der Waals surface area contributed by atoms with Gasteiger partial charge >= 0.3 is 158 Å². The van der Waals surface area contributed by atoms with Gasteiger partial charge in [0.05, 0.1) is 0 Å². The fourth-order valence-electron chi connectivity index (χ4n) is 3.18. The molecule has 0 fully saturated rings. The van der Waals surface area contributed by atoms with Gasteiger partial charge in [0.15, 0.2) is 0 Å². The van der Waals surface area contributed by atoms with Crippen LogP contribution in [0.5, 0.6) is 0 Å². The molecule has 3 rings (SSSR count). The van der Waals surface area contributed by atoms with Crippen molar-refractivity contribution in [3.8, 4) is 11.3 Å². The minimum absolute atomic E-state index is 0.0164. The molecule has 1 aromatic heterocycles. The molecule has 0 bridgehead atoms. The van der Waals surface area contributed by atoms with E-state index in [1.165, 1.54) is 16.3 Å². The van der Waals surface area contributed by atoms with Gasteiger partial charge in [-0.1, -0.05) is 0 Å². The molecule has 0 N–H and O–H groups in total. The minimum atomic E-state index is -2.57. The summed E-state index contributed by atoms with van der Waals surface area (Å²) in [5.74, 6) is 6.36. The standard InChI is InChI=1S/C23H29GeN/c1-23(2,3)21-15-19(14-18-9-7-8-10-20(18)21)22-13-17(11-12-25-22)16-24(4,5)6/h7-15H,16H2,1-6H3/i16D2. The van der Waals surface area contributed by atoms with Gasteiger partial charge in [0.1, 0.15) is 0 Å². The predicted molar refractivity (Wildman–Crippen MR) is 113 cm³/mol. The predicted octanol–water partition coefficient (Wildman–Crippen LogP) is 6.62. The summed E-state index contributed by atoms with van der Waals surface area (Å²) < 4.78 is 17.3. The molecule has 0 spiro atoms. The van der Waals surface area contributed by atoms with Crippen LogP contribution >= 0.6 is 0 Å². The van der Waals surface area contributed by atoms with Crippen LogP contribution in [0.2, 0.25) is 17.3 Å². The Labute approximate surface area is 157 Å². The Morgan fingerprint density at radius 2 is 1.72 bits per heavy atom. The van der Waals surface area contributed by atoms with E-state index >= 15 is 0 Å². The van der Waals surface area contributed by atoms with E-state index in [0.29, 0.717) is 0 Å². The normalized spacial score (nSPS) is 14.3. The zero-order valence-corrected chi connectivity index (χ0v) is 18.2. The van der Waals surface area contributed by atoms with Crippen LogP contribution in [0, 0.1) is 0 Å². The van der Waals surface area contributed by atoms with Crippen molar-refractivity contribution in [3.63, 3.8) is 0 Å². The van der Waals surface area contributed by atoms with Gasteiger partial charge in [-0.15, -0.1) is 0 Å². The number of benzene rings is 2. The van der Waals surface area contributed by atoms with Gasteiger partial charge in [-0.3, -0.25) is 0 Å². The first kappa shape index (κ1) is 15.6. The van der Waals surface area contributed by atoms with Gasteiger partial charge in [-0.05, 0) is 0 Å². The molecular formula is C23H29GeN. The van der Waals surface area contributed by atoms with Crippen molar-refractivity contribution in [2.24, 2.45) is 0 Å². The molecule has 0 amide bonds. The molecule has 0 unspecified atom stereocenters. The molecule has 2 heteroatoms. The monoisotopic (exact) mass is 395 g/mol. The number of pyridine rings is 1. The number of nitrogens with zero attached hydrogens (tertiary/aromatic N) is 1. The van der Waals surface area contributed by atoms with Crippen molar-refractivity contribution in [1.82, 2.24) is 4.98 Å². The molecule has 0 atom stereocenters. The van der Waals surface area contributed by atoms with Crippen LogP contribution in [0.4, 0.5) is 0 Å². The Hall–Kier alpha value is -1.61. The van der Waals surface area contributed by atoms with Crippen molar-refractivity contribution < 1.29 is 2.74 Å². The number of rotatable bonds is 3. The second kappa shape index (κ2) is 6.60. The van der Waals surface area contributed by atoms with Crippen LogP contribution in [-0.2, 0) is 10.6 Å². The average molecular weight is 394 g/mol. The molecule has 0 saturated carbocycles. The maximum absolute atomic E-state index is 8.67. The second-order valence-corrected chi connectivity index (χ2v) is 18.8. The first-order valence-corrected chi connectivity index (χ1v) is 16.3. The molecule has 1 nitrogen and oxygen atoms in total. The third-order valence-electron chi connectivity index (χ3n) is 4.24. The number of fused-ring (bicyclic) bond motifs is 1. The van der Waals surface area contributed by atoms with Crippen LogP contribution < -0.4 is 0 Å². The summed E-state index contributed by atoms with van der Waals surface area (Å²) >= 11 is -2.57. The third-order valence-corrected chi connectivity index (χ3v) is 6.42. The summed E-state index contributed by atoms with van der Waals surface area (Å²) in [6.07, 6.45) is 1.75. The number of hydrogen-bond donors (Lipinski definition) is 0.